The van der Waals surface area contributed by atoms with Gasteiger partial charge in [0.25, 0.3) is 0 Å². The van der Waals surface area contributed by atoms with Gasteiger partial charge >= 0.3 is 6.18 Å². The van der Waals surface area contributed by atoms with Crippen molar-refractivity contribution in [2.75, 3.05) is 16.8 Å². The molecule has 9 nitrogen and oxygen atoms in total. The summed E-state index contributed by atoms with van der Waals surface area (Å²) in [6.07, 6.45) is -2.72. The minimum absolute atomic E-state index is 0.0335. The Morgan fingerprint density at radius 3 is 2.64 bits per heavy atom. The smallest absolute Gasteiger partial charge is 0.416 e. The van der Waals surface area contributed by atoms with Crippen molar-refractivity contribution in [1.82, 2.24) is 10.3 Å². The number of nitriles is 2. The maximum Gasteiger partial charge on any atom is 0.416 e. The maximum absolute atomic E-state index is 13.1. The van der Waals surface area contributed by atoms with E-state index in [9.17, 15) is 18.4 Å². The zero-order chi connectivity index (χ0) is 26.0. The third-order valence-corrected chi connectivity index (χ3v) is 5.77. The number of fused-ring (bicyclic) bond motifs is 1. The third kappa shape index (κ3) is 4.82. The third-order valence-electron chi connectivity index (χ3n) is 5.27. The largest absolute Gasteiger partial charge is 0.489 e. The Morgan fingerprint density at radius 1 is 1.17 bits per heavy atom. The molecule has 0 amide bonds. The van der Waals surface area contributed by atoms with Crippen LogP contribution < -0.4 is 26.8 Å². The molecule has 13 heteroatoms. The van der Waals surface area contributed by atoms with E-state index in [0.717, 1.165) is 12.1 Å². The van der Waals surface area contributed by atoms with E-state index in [0.29, 0.717) is 26.9 Å². The second kappa shape index (κ2) is 9.64. The summed E-state index contributed by atoms with van der Waals surface area (Å²) in [4.78, 5) is 8.71. The van der Waals surface area contributed by atoms with Gasteiger partial charge in [-0.05, 0) is 35.9 Å². The number of aliphatic imine (C=N–C) groups is 1. The fourth-order valence-corrected chi connectivity index (χ4v) is 4.05. The molecule has 1 aliphatic heterocycles. The Bertz CT molecular complexity index is 1460. The summed E-state index contributed by atoms with van der Waals surface area (Å²) >= 11 is 3.40. The molecule has 1 unspecified atom stereocenters. The summed E-state index contributed by atoms with van der Waals surface area (Å²) < 4.78 is 45.9. The minimum Gasteiger partial charge on any atom is -0.489 e. The topological polar surface area (TPSA) is 158 Å². The van der Waals surface area contributed by atoms with Gasteiger partial charge in [0, 0.05) is 15.6 Å². The molecule has 0 fully saturated rings. The summed E-state index contributed by atoms with van der Waals surface area (Å²) in [6.45, 7) is -0.164. The quantitative estimate of drug-likeness (QED) is 0.271. The number of nitrogens with zero attached hydrogens (tertiary/aromatic N) is 4. The molecule has 182 valence electrons. The molecule has 3 aromatic rings. The fourth-order valence-electron chi connectivity index (χ4n) is 3.67. The predicted molar refractivity (Wildman–Crippen MR) is 129 cm³/mol. The van der Waals surface area contributed by atoms with Crippen LogP contribution in [0.4, 0.5) is 30.5 Å². The molecule has 1 aliphatic rings. The average Bonchev–Trinajstić information content (AvgIpc) is 2.82. The number of rotatable bonds is 4. The fraction of sp³-hybridized carbons (Fsp3) is 0.130. The van der Waals surface area contributed by atoms with E-state index in [-0.39, 0.29) is 35.5 Å². The summed E-state index contributed by atoms with van der Waals surface area (Å²) in [6, 6.07) is 10.8. The van der Waals surface area contributed by atoms with Gasteiger partial charge in [0.05, 0.1) is 11.3 Å². The first-order valence-electron chi connectivity index (χ1n) is 10.2. The van der Waals surface area contributed by atoms with E-state index in [2.05, 4.69) is 36.5 Å². The molecule has 2 aromatic carbocycles. The molecule has 6 N–H and O–H groups in total. The number of alkyl halides is 3. The van der Waals surface area contributed by atoms with Crippen molar-refractivity contribution in [2.45, 2.75) is 18.8 Å². The summed E-state index contributed by atoms with van der Waals surface area (Å²) in [7, 11) is 0. The lowest BCUT2D eigenvalue weighted by Crippen LogP contribution is -2.33. The zero-order valence-electron chi connectivity index (χ0n) is 18.2. The number of nitrogen functional groups attached to an aromatic ring is 2. The number of pyridine rings is 1. The molecule has 1 atom stereocenters. The van der Waals surface area contributed by atoms with Crippen molar-refractivity contribution in [3.63, 3.8) is 0 Å². The number of hydrogen-bond acceptors (Lipinski definition) is 9. The van der Waals surface area contributed by atoms with Crippen molar-refractivity contribution in [2.24, 2.45) is 4.99 Å². The van der Waals surface area contributed by atoms with Crippen molar-refractivity contribution in [1.29, 1.82) is 10.5 Å². The number of ether oxygens (including phenoxy) is 1. The SMILES string of the molecule is N#CNC1=NC(c2cc(Br)ccc2OCc2cccc(C(F)(F)F)c2)c2c(nc(N)c(C#N)c2N)N1. The number of nitrogens with one attached hydrogen (secondary N) is 2. The lowest BCUT2D eigenvalue weighted by molar-refractivity contribution is -0.137. The van der Waals surface area contributed by atoms with Gasteiger partial charge in [-0.15, -0.1) is 0 Å². The standard InChI is InChI=1S/C23H16BrF3N8O/c24-13-4-5-16(36-9-11-2-1-3-12(6-11)23(25,26)27)14(7-13)19-17-18(30)15(8-28)20(31)34-21(17)35-22(33-19)32-10-29/h1-7,19H,9H2,(H6,30,31,32,33,34,35). The highest BCUT2D eigenvalue weighted by molar-refractivity contribution is 9.10. The van der Waals surface area contributed by atoms with Crippen molar-refractivity contribution in [3.05, 3.63) is 74.8 Å². The van der Waals surface area contributed by atoms with Gasteiger partial charge in [0.1, 0.15) is 41.7 Å². The molecule has 36 heavy (non-hydrogen) atoms. The number of benzene rings is 2. The minimum atomic E-state index is -4.48. The molecular formula is C23H16BrF3N8O. The highest BCUT2D eigenvalue weighted by atomic mass is 79.9. The molecule has 0 bridgehead atoms. The van der Waals surface area contributed by atoms with Crippen LogP contribution in [0.5, 0.6) is 5.75 Å². The Morgan fingerprint density at radius 2 is 1.94 bits per heavy atom. The summed E-state index contributed by atoms with van der Waals surface area (Å²) in [5.74, 6) is 0.428. The normalized spacial score (nSPS) is 14.5. The second-order valence-electron chi connectivity index (χ2n) is 7.57. The van der Waals surface area contributed by atoms with E-state index >= 15 is 0 Å². The molecule has 0 radical (unpaired) electrons. The molecule has 0 aliphatic carbocycles. The van der Waals surface area contributed by atoms with Crippen LogP contribution in [0.3, 0.4) is 0 Å². The number of guanidine groups is 1. The number of aromatic nitrogens is 1. The molecule has 0 saturated heterocycles. The summed E-state index contributed by atoms with van der Waals surface area (Å²) in [5.41, 5.74) is 12.5. The lowest BCUT2D eigenvalue weighted by atomic mass is 9.94. The first kappa shape index (κ1) is 24.6. The Kier molecular flexibility index (Phi) is 6.59. The Labute approximate surface area is 211 Å². The van der Waals surface area contributed by atoms with E-state index < -0.39 is 17.8 Å². The van der Waals surface area contributed by atoms with Gasteiger partial charge in [-0.25, -0.2) is 9.98 Å². The number of anilines is 3. The van der Waals surface area contributed by atoms with Gasteiger partial charge in [0.15, 0.2) is 6.19 Å². The molecule has 0 saturated carbocycles. The van der Waals surface area contributed by atoms with E-state index in [4.69, 9.17) is 21.5 Å². The van der Waals surface area contributed by atoms with Crippen LogP contribution >= 0.6 is 15.9 Å². The Hall–Kier alpha value is -4.49. The van der Waals surface area contributed by atoms with Crippen molar-refractivity contribution in [3.8, 4) is 18.0 Å². The molecule has 1 aromatic heterocycles. The molecule has 2 heterocycles. The first-order valence-corrected chi connectivity index (χ1v) is 11.0. The molecule has 0 spiro atoms. The predicted octanol–water partition coefficient (Wildman–Crippen LogP) is 4.42. The van der Waals surface area contributed by atoms with Crippen LogP contribution in [0.25, 0.3) is 0 Å². The average molecular weight is 557 g/mol. The number of halogens is 4. The van der Waals surface area contributed by atoms with Crippen molar-refractivity contribution >= 4 is 39.2 Å². The van der Waals surface area contributed by atoms with Gasteiger partial charge in [-0.2, -0.15) is 23.7 Å². The van der Waals surface area contributed by atoms with Crippen LogP contribution in [0.1, 0.15) is 33.9 Å². The monoisotopic (exact) mass is 556 g/mol. The van der Waals surface area contributed by atoms with Gasteiger partial charge < -0.3 is 21.5 Å². The zero-order valence-corrected chi connectivity index (χ0v) is 19.8. The Balaban J connectivity index is 1.79. The van der Waals surface area contributed by atoms with Crippen LogP contribution in [-0.2, 0) is 12.8 Å². The second-order valence-corrected chi connectivity index (χ2v) is 8.49. The van der Waals surface area contributed by atoms with E-state index in [1.807, 2.05) is 6.07 Å². The van der Waals surface area contributed by atoms with Gasteiger partial charge in [0.2, 0.25) is 5.96 Å². The van der Waals surface area contributed by atoms with Gasteiger partial charge in [-0.3, -0.25) is 5.32 Å². The highest BCUT2D eigenvalue weighted by Gasteiger charge is 2.32. The van der Waals surface area contributed by atoms with Crippen LogP contribution in [0.2, 0.25) is 0 Å². The van der Waals surface area contributed by atoms with Gasteiger partial charge in [-0.1, -0.05) is 28.1 Å². The van der Waals surface area contributed by atoms with Crippen LogP contribution in [0.15, 0.2) is 51.9 Å². The lowest BCUT2D eigenvalue weighted by Gasteiger charge is -2.27. The van der Waals surface area contributed by atoms with E-state index in [1.165, 1.54) is 12.1 Å². The molecule has 4 rings (SSSR count). The van der Waals surface area contributed by atoms with Crippen molar-refractivity contribution < 1.29 is 17.9 Å². The van der Waals surface area contributed by atoms with Crippen LogP contribution in [-0.4, -0.2) is 10.9 Å². The summed E-state index contributed by atoms with van der Waals surface area (Å²) in [5, 5.41) is 23.8. The number of hydrogen-bond donors (Lipinski definition) is 4. The number of nitrogens with two attached hydrogens (primary N) is 2. The van der Waals surface area contributed by atoms with Crippen LogP contribution in [0, 0.1) is 22.8 Å². The highest BCUT2D eigenvalue weighted by Crippen LogP contribution is 2.44. The van der Waals surface area contributed by atoms with E-state index in [1.54, 1.807) is 24.4 Å². The maximum atomic E-state index is 13.1. The first-order chi connectivity index (χ1) is 17.1. The molecular weight excluding hydrogens is 541 g/mol.